The number of ketones is 1. The number of amidine groups is 1. The molecule has 2 aromatic rings. The van der Waals surface area contributed by atoms with Crippen LogP contribution in [0.5, 0.6) is 0 Å². The van der Waals surface area contributed by atoms with Crippen molar-refractivity contribution >= 4 is 28.8 Å². The third-order valence-electron chi connectivity index (χ3n) is 6.10. The van der Waals surface area contributed by atoms with Gasteiger partial charge in [-0.25, -0.2) is 14.2 Å². The minimum Gasteiger partial charge on any atom is -0.444 e. The van der Waals surface area contributed by atoms with Gasteiger partial charge in [0, 0.05) is 24.1 Å². The van der Waals surface area contributed by atoms with Gasteiger partial charge >= 0.3 is 6.09 Å². The summed E-state index contributed by atoms with van der Waals surface area (Å²) in [5.74, 6) is -0.713. The fourth-order valence-electron chi connectivity index (χ4n) is 4.43. The van der Waals surface area contributed by atoms with Gasteiger partial charge in [0.25, 0.3) is 0 Å². The number of nitrogens with zero attached hydrogens (tertiary/aromatic N) is 3. The Hall–Kier alpha value is -3.51. The normalized spacial score (nSPS) is 21.1. The topological polar surface area (TPSA) is 104 Å². The van der Waals surface area contributed by atoms with Crippen LogP contribution in [0.1, 0.15) is 67.7 Å². The van der Waals surface area contributed by atoms with Gasteiger partial charge in [0.1, 0.15) is 23.2 Å². The maximum atomic E-state index is 15.3. The smallest absolute Gasteiger partial charge is 0.413 e. The number of fused-ring (bicyclic) bond motifs is 1. The van der Waals surface area contributed by atoms with Crippen molar-refractivity contribution in [3.05, 3.63) is 75.7 Å². The molecular weight excluding hydrogens is 479 g/mol. The van der Waals surface area contributed by atoms with Gasteiger partial charge in [-0.1, -0.05) is 23.9 Å². The number of halogens is 1. The van der Waals surface area contributed by atoms with Crippen molar-refractivity contribution in [3.8, 4) is 6.07 Å². The van der Waals surface area contributed by atoms with E-state index >= 15 is 4.39 Å². The number of alkyl carbamates (subject to hydrolysis) is 1. The third kappa shape index (κ3) is 5.49. The summed E-state index contributed by atoms with van der Waals surface area (Å²) in [7, 11) is 0. The number of hydrogen-bond acceptors (Lipinski definition) is 7. The van der Waals surface area contributed by atoms with E-state index in [2.05, 4.69) is 16.4 Å². The lowest BCUT2D eigenvalue weighted by molar-refractivity contribution is 0.0563. The number of nitriles is 1. The van der Waals surface area contributed by atoms with E-state index < -0.39 is 23.1 Å². The number of amides is 1. The van der Waals surface area contributed by atoms with E-state index in [4.69, 9.17) is 15.0 Å². The Morgan fingerprint density at radius 2 is 2.08 bits per heavy atom. The lowest BCUT2D eigenvalue weighted by atomic mass is 9.78. The first-order valence-corrected chi connectivity index (χ1v) is 12.5. The summed E-state index contributed by atoms with van der Waals surface area (Å²) in [6.07, 6.45) is 4.49. The predicted molar refractivity (Wildman–Crippen MR) is 136 cm³/mol. The van der Waals surface area contributed by atoms with Gasteiger partial charge in [-0.05, 0) is 75.3 Å². The molecule has 0 bridgehead atoms. The van der Waals surface area contributed by atoms with Gasteiger partial charge in [0.05, 0.1) is 11.1 Å². The Morgan fingerprint density at radius 1 is 1.31 bits per heavy atom. The van der Waals surface area contributed by atoms with E-state index in [1.165, 1.54) is 30.1 Å². The molecule has 0 saturated carbocycles. The Labute approximate surface area is 213 Å². The molecule has 1 aliphatic carbocycles. The van der Waals surface area contributed by atoms with Crippen molar-refractivity contribution in [2.45, 2.75) is 58.1 Å². The number of aromatic nitrogens is 1. The summed E-state index contributed by atoms with van der Waals surface area (Å²) < 4.78 is 20.6. The van der Waals surface area contributed by atoms with Crippen molar-refractivity contribution in [1.29, 1.82) is 5.26 Å². The van der Waals surface area contributed by atoms with Crippen LogP contribution in [0.15, 0.2) is 52.5 Å². The summed E-state index contributed by atoms with van der Waals surface area (Å²) in [5, 5.41) is 12.0. The highest BCUT2D eigenvalue weighted by Gasteiger charge is 2.45. The van der Waals surface area contributed by atoms with E-state index in [1.807, 2.05) is 13.0 Å². The van der Waals surface area contributed by atoms with Crippen LogP contribution >= 0.6 is 11.8 Å². The minimum absolute atomic E-state index is 0.0249. The zero-order valence-corrected chi connectivity index (χ0v) is 21.4. The zero-order chi connectivity index (χ0) is 26.1. The number of nitrogens with one attached hydrogen (secondary N) is 1. The van der Waals surface area contributed by atoms with E-state index in [0.29, 0.717) is 21.9 Å². The molecule has 1 aromatic carbocycles. The van der Waals surface area contributed by atoms with Gasteiger partial charge in [-0.2, -0.15) is 5.26 Å². The average Bonchev–Trinajstić information content (AvgIpc) is 3.28. The summed E-state index contributed by atoms with van der Waals surface area (Å²) >= 11 is 1.37. The van der Waals surface area contributed by atoms with Crippen LogP contribution in [0, 0.1) is 23.1 Å². The van der Waals surface area contributed by atoms with E-state index in [9.17, 15) is 9.59 Å². The molecule has 0 saturated heterocycles. The average molecular weight is 507 g/mol. The van der Waals surface area contributed by atoms with Crippen molar-refractivity contribution < 1.29 is 18.7 Å². The van der Waals surface area contributed by atoms with E-state index in [0.717, 1.165) is 17.7 Å². The molecule has 2 unspecified atom stereocenters. The quantitative estimate of drug-likeness (QED) is 0.537. The third-order valence-corrected chi connectivity index (χ3v) is 7.17. The number of rotatable bonds is 4. The number of hydrogen-bond donors (Lipinski definition) is 1. The van der Waals surface area contributed by atoms with Crippen LogP contribution in [0.25, 0.3) is 0 Å². The number of aliphatic imine (C=N–C) groups is 1. The molecule has 186 valence electrons. The van der Waals surface area contributed by atoms with Crippen molar-refractivity contribution in [2.24, 2.45) is 10.9 Å². The highest BCUT2D eigenvalue weighted by molar-refractivity contribution is 8.17. The summed E-state index contributed by atoms with van der Waals surface area (Å²) in [4.78, 5) is 35.1. The standard InChI is InChI=1S/C27H27FN4O3S/c1-26(2,3)35-25(34)31-24-32-27(4,18-6-5-7-23(18)36-24)19-12-16(8-10-20(19)28)13-22(33)21-11-9-17(14-29)15-30-21/h7-12,15,18H,5-6,13H2,1-4H3,(H,31,32,34). The fraction of sp³-hybridized carbons (Fsp3) is 0.370. The highest BCUT2D eigenvalue weighted by Crippen LogP contribution is 2.52. The molecule has 36 heavy (non-hydrogen) atoms. The molecule has 2 heterocycles. The molecule has 9 heteroatoms. The van der Waals surface area contributed by atoms with Gasteiger partial charge in [0.2, 0.25) is 0 Å². The molecule has 1 N–H and O–H groups in total. The molecule has 1 aliphatic heterocycles. The van der Waals surface area contributed by atoms with Crippen LogP contribution in [-0.2, 0) is 16.7 Å². The Balaban J connectivity index is 1.64. The molecule has 2 atom stereocenters. The molecule has 4 rings (SSSR count). The second-order valence-corrected chi connectivity index (χ2v) is 11.1. The number of ether oxygens (including phenoxy) is 1. The molecular formula is C27H27FN4O3S. The Bertz CT molecular complexity index is 1310. The predicted octanol–water partition coefficient (Wildman–Crippen LogP) is 5.65. The van der Waals surface area contributed by atoms with Crippen molar-refractivity contribution in [3.63, 3.8) is 0 Å². The summed E-state index contributed by atoms with van der Waals surface area (Å²) in [6, 6.07) is 9.64. The second kappa shape index (κ2) is 9.86. The lowest BCUT2D eigenvalue weighted by Gasteiger charge is -2.38. The molecule has 0 fully saturated rings. The number of Topliss-reactive ketones (excluding diaryl/α,β-unsaturated/α-hetero) is 1. The van der Waals surface area contributed by atoms with Gasteiger partial charge in [-0.15, -0.1) is 0 Å². The number of thioether (sulfide) groups is 1. The van der Waals surface area contributed by atoms with Crippen LogP contribution in [0.3, 0.4) is 0 Å². The number of carbonyl (C=O) groups is 2. The Morgan fingerprint density at radius 3 is 2.75 bits per heavy atom. The maximum Gasteiger partial charge on any atom is 0.413 e. The molecule has 1 aromatic heterocycles. The largest absolute Gasteiger partial charge is 0.444 e. The van der Waals surface area contributed by atoms with Crippen LogP contribution in [0.4, 0.5) is 9.18 Å². The van der Waals surface area contributed by atoms with Gasteiger partial charge < -0.3 is 4.74 Å². The zero-order valence-electron chi connectivity index (χ0n) is 20.6. The van der Waals surface area contributed by atoms with Crippen LogP contribution in [-0.4, -0.2) is 27.6 Å². The molecule has 0 radical (unpaired) electrons. The fourth-order valence-corrected chi connectivity index (χ4v) is 5.72. The van der Waals surface area contributed by atoms with Crippen LogP contribution < -0.4 is 5.32 Å². The van der Waals surface area contributed by atoms with Crippen LogP contribution in [0.2, 0.25) is 0 Å². The lowest BCUT2D eigenvalue weighted by Crippen LogP contribution is -2.41. The molecule has 2 aliphatic rings. The number of pyridine rings is 1. The maximum absolute atomic E-state index is 15.3. The summed E-state index contributed by atoms with van der Waals surface area (Å²) in [6.45, 7) is 7.19. The van der Waals surface area contributed by atoms with Crippen molar-refractivity contribution in [1.82, 2.24) is 10.3 Å². The first-order valence-electron chi connectivity index (χ1n) is 11.6. The first kappa shape index (κ1) is 25.6. The molecule has 1 amide bonds. The first-order chi connectivity index (χ1) is 17.0. The number of allylic oxidation sites excluding steroid dienone is 1. The Kier molecular flexibility index (Phi) is 7.01. The molecule has 7 nitrogen and oxygen atoms in total. The minimum atomic E-state index is -0.978. The van der Waals surface area contributed by atoms with Crippen molar-refractivity contribution in [2.75, 3.05) is 0 Å². The highest BCUT2D eigenvalue weighted by atomic mass is 32.2. The van der Waals surface area contributed by atoms with E-state index in [1.54, 1.807) is 39.0 Å². The monoisotopic (exact) mass is 506 g/mol. The number of benzene rings is 1. The number of carbonyl (C=O) groups excluding carboxylic acids is 2. The summed E-state index contributed by atoms with van der Waals surface area (Å²) in [5.41, 5.74) is -0.0483. The van der Waals surface area contributed by atoms with Gasteiger partial charge in [-0.3, -0.25) is 15.1 Å². The molecule has 0 spiro atoms. The van der Waals surface area contributed by atoms with Gasteiger partial charge in [0.15, 0.2) is 11.0 Å². The van der Waals surface area contributed by atoms with E-state index in [-0.39, 0.29) is 23.8 Å². The second-order valence-electron chi connectivity index (χ2n) is 9.99. The SMILES string of the molecule is CC(C)(C)OC(=O)NC1=NC(C)(c2cc(CC(=O)c3ccc(C#N)cn3)ccc2F)C2CCC=C2S1.